The summed E-state index contributed by atoms with van der Waals surface area (Å²) in [6.45, 7) is 1.77. The normalized spacial score (nSPS) is 16.3. The highest BCUT2D eigenvalue weighted by Crippen LogP contribution is 2.21. The zero-order chi connectivity index (χ0) is 19.8. The first kappa shape index (κ1) is 19.4. The van der Waals surface area contributed by atoms with Gasteiger partial charge in [-0.2, -0.15) is 23.3 Å². The fourth-order valence-electron chi connectivity index (χ4n) is 2.91. The number of aromatic nitrogens is 4. The number of halogens is 2. The summed E-state index contributed by atoms with van der Waals surface area (Å²) in [6, 6.07) is 1.22. The molecule has 0 unspecified atom stereocenters. The largest absolute Gasteiger partial charge is 0.335 e. The predicted octanol–water partition coefficient (Wildman–Crippen LogP) is 0.950. The molecule has 1 aliphatic heterocycles. The number of nitrogens with zero attached hydrogens (tertiary/aromatic N) is 6. The number of hydrogen-bond acceptors (Lipinski definition) is 5. The lowest BCUT2D eigenvalue weighted by molar-refractivity contribution is 0.0545. The SMILES string of the molecule is CCn1cc(S(=O)(=O)N2CCN(C(=O)c3ccn(C(F)F)n3)CC2)c(C)n1. The van der Waals surface area contributed by atoms with Gasteiger partial charge in [0.2, 0.25) is 10.0 Å². The van der Waals surface area contributed by atoms with Crippen molar-refractivity contribution in [1.29, 1.82) is 0 Å². The summed E-state index contributed by atoms with van der Waals surface area (Å²) < 4.78 is 54.1. The Bertz CT molecular complexity index is 931. The maximum Gasteiger partial charge on any atom is 0.333 e. The van der Waals surface area contributed by atoms with Gasteiger partial charge in [-0.05, 0) is 19.9 Å². The molecule has 0 saturated carbocycles. The van der Waals surface area contributed by atoms with Crippen LogP contribution in [-0.4, -0.2) is 69.3 Å². The second-order valence-corrected chi connectivity index (χ2v) is 8.00. The van der Waals surface area contributed by atoms with Crippen molar-refractivity contribution in [3.63, 3.8) is 0 Å². The lowest BCUT2D eigenvalue weighted by Gasteiger charge is -2.33. The van der Waals surface area contributed by atoms with Crippen LogP contribution >= 0.6 is 0 Å². The van der Waals surface area contributed by atoms with Gasteiger partial charge in [0.25, 0.3) is 5.91 Å². The van der Waals surface area contributed by atoms with Crippen LogP contribution in [0.4, 0.5) is 8.78 Å². The van der Waals surface area contributed by atoms with Gasteiger partial charge < -0.3 is 4.90 Å². The first-order valence-electron chi connectivity index (χ1n) is 8.40. The van der Waals surface area contributed by atoms with Crippen LogP contribution in [-0.2, 0) is 16.6 Å². The average molecular weight is 402 g/mol. The van der Waals surface area contributed by atoms with Gasteiger partial charge in [0.15, 0.2) is 5.69 Å². The smallest absolute Gasteiger partial charge is 0.333 e. The second kappa shape index (κ2) is 7.35. The highest BCUT2D eigenvalue weighted by molar-refractivity contribution is 7.89. The van der Waals surface area contributed by atoms with E-state index in [1.54, 1.807) is 11.6 Å². The maximum absolute atomic E-state index is 12.8. The van der Waals surface area contributed by atoms with Crippen molar-refractivity contribution in [3.8, 4) is 0 Å². The zero-order valence-corrected chi connectivity index (χ0v) is 15.7. The van der Waals surface area contributed by atoms with Gasteiger partial charge in [0.1, 0.15) is 4.90 Å². The maximum atomic E-state index is 12.8. The first-order valence-corrected chi connectivity index (χ1v) is 9.85. The van der Waals surface area contributed by atoms with E-state index >= 15 is 0 Å². The summed E-state index contributed by atoms with van der Waals surface area (Å²) in [5, 5.41) is 7.72. The molecule has 12 heteroatoms. The molecule has 0 radical (unpaired) electrons. The molecular formula is C15H20F2N6O3S. The molecule has 1 fully saturated rings. The Hall–Kier alpha value is -2.34. The van der Waals surface area contributed by atoms with Gasteiger partial charge in [0, 0.05) is 45.1 Å². The van der Waals surface area contributed by atoms with E-state index < -0.39 is 22.5 Å². The summed E-state index contributed by atoms with van der Waals surface area (Å²) in [4.78, 5) is 13.9. The number of carbonyl (C=O) groups excluding carboxylic acids is 1. The Morgan fingerprint density at radius 2 is 1.89 bits per heavy atom. The minimum Gasteiger partial charge on any atom is -0.335 e. The van der Waals surface area contributed by atoms with Crippen LogP contribution in [0, 0.1) is 6.92 Å². The monoisotopic (exact) mass is 402 g/mol. The molecule has 0 spiro atoms. The molecule has 3 heterocycles. The van der Waals surface area contributed by atoms with E-state index in [1.165, 1.54) is 21.5 Å². The highest BCUT2D eigenvalue weighted by atomic mass is 32.2. The lowest BCUT2D eigenvalue weighted by Crippen LogP contribution is -2.50. The molecule has 0 aromatic carbocycles. The Morgan fingerprint density at radius 3 is 2.41 bits per heavy atom. The number of alkyl halides is 2. The molecule has 148 valence electrons. The van der Waals surface area contributed by atoms with Gasteiger partial charge in [-0.1, -0.05) is 0 Å². The average Bonchev–Trinajstić information content (AvgIpc) is 3.28. The molecule has 1 saturated heterocycles. The van der Waals surface area contributed by atoms with Crippen LogP contribution in [0.25, 0.3) is 0 Å². The Morgan fingerprint density at radius 1 is 1.22 bits per heavy atom. The number of aryl methyl sites for hydroxylation is 2. The fraction of sp³-hybridized carbons (Fsp3) is 0.533. The summed E-state index contributed by atoms with van der Waals surface area (Å²) in [5.41, 5.74) is 0.333. The van der Waals surface area contributed by atoms with Crippen molar-refractivity contribution >= 4 is 15.9 Å². The number of hydrogen-bond donors (Lipinski definition) is 0. The Labute approximate surface area is 155 Å². The Balaban J connectivity index is 1.68. The molecule has 27 heavy (non-hydrogen) atoms. The first-order chi connectivity index (χ1) is 12.7. The van der Waals surface area contributed by atoms with E-state index in [2.05, 4.69) is 10.2 Å². The standard InChI is InChI=1S/C15H20F2N6O3S/c1-3-21-10-13(11(2)18-21)27(25,26)22-8-6-20(7-9-22)14(24)12-4-5-23(19-12)15(16)17/h4-5,10,15H,3,6-9H2,1-2H3. The number of sulfonamides is 1. The lowest BCUT2D eigenvalue weighted by atomic mass is 10.3. The topological polar surface area (TPSA) is 93.3 Å². The molecule has 2 aromatic rings. The molecule has 0 atom stereocenters. The molecule has 9 nitrogen and oxygen atoms in total. The van der Waals surface area contributed by atoms with E-state index in [4.69, 9.17) is 0 Å². The van der Waals surface area contributed by atoms with E-state index in [-0.39, 0.29) is 36.8 Å². The van der Waals surface area contributed by atoms with Crippen molar-refractivity contribution in [3.05, 3.63) is 29.8 Å². The minimum absolute atomic E-state index is 0.0910. The van der Waals surface area contributed by atoms with E-state index in [9.17, 15) is 22.0 Å². The predicted molar refractivity (Wildman–Crippen MR) is 90.8 cm³/mol. The highest BCUT2D eigenvalue weighted by Gasteiger charge is 2.33. The Kier molecular flexibility index (Phi) is 5.29. The summed E-state index contributed by atoms with van der Waals surface area (Å²) in [6.07, 6.45) is 2.53. The van der Waals surface area contributed by atoms with Crippen molar-refractivity contribution in [2.24, 2.45) is 0 Å². The van der Waals surface area contributed by atoms with Crippen molar-refractivity contribution in [1.82, 2.24) is 28.8 Å². The third-order valence-electron chi connectivity index (χ3n) is 4.40. The third-order valence-corrected chi connectivity index (χ3v) is 6.40. The molecular weight excluding hydrogens is 382 g/mol. The zero-order valence-electron chi connectivity index (χ0n) is 14.9. The van der Waals surface area contributed by atoms with Crippen molar-refractivity contribution in [2.45, 2.75) is 31.8 Å². The third kappa shape index (κ3) is 3.72. The molecule has 1 amide bonds. The van der Waals surface area contributed by atoms with E-state index in [0.29, 0.717) is 16.9 Å². The molecule has 0 aliphatic carbocycles. The molecule has 1 aliphatic rings. The van der Waals surface area contributed by atoms with Crippen LogP contribution in [0.5, 0.6) is 0 Å². The van der Waals surface area contributed by atoms with E-state index in [0.717, 1.165) is 6.20 Å². The van der Waals surface area contributed by atoms with E-state index in [1.807, 2.05) is 6.92 Å². The number of carbonyl (C=O) groups is 1. The van der Waals surface area contributed by atoms with Crippen LogP contribution in [0.3, 0.4) is 0 Å². The number of piperazine rings is 1. The van der Waals surface area contributed by atoms with Crippen molar-refractivity contribution in [2.75, 3.05) is 26.2 Å². The molecule has 3 rings (SSSR count). The summed E-state index contributed by atoms with van der Waals surface area (Å²) in [5.74, 6) is -0.499. The van der Waals surface area contributed by atoms with Gasteiger partial charge in [0.05, 0.1) is 5.69 Å². The molecule has 0 bridgehead atoms. The van der Waals surface area contributed by atoms with Gasteiger partial charge in [-0.3, -0.25) is 9.48 Å². The number of rotatable bonds is 5. The van der Waals surface area contributed by atoms with Crippen LogP contribution in [0.2, 0.25) is 0 Å². The molecule has 0 N–H and O–H groups in total. The summed E-state index contributed by atoms with van der Waals surface area (Å²) in [7, 11) is -3.71. The van der Waals surface area contributed by atoms with Gasteiger partial charge >= 0.3 is 6.55 Å². The quantitative estimate of drug-likeness (QED) is 0.742. The summed E-state index contributed by atoms with van der Waals surface area (Å²) >= 11 is 0. The van der Waals surface area contributed by atoms with Crippen LogP contribution in [0.15, 0.2) is 23.4 Å². The molecule has 2 aromatic heterocycles. The fourth-order valence-corrected chi connectivity index (χ4v) is 4.50. The van der Waals surface area contributed by atoms with Crippen LogP contribution in [0.1, 0.15) is 29.7 Å². The van der Waals surface area contributed by atoms with Gasteiger partial charge in [-0.25, -0.2) is 13.1 Å². The second-order valence-electron chi connectivity index (χ2n) is 6.09. The van der Waals surface area contributed by atoms with Crippen molar-refractivity contribution < 1.29 is 22.0 Å². The number of amides is 1. The van der Waals surface area contributed by atoms with Gasteiger partial charge in [-0.15, -0.1) is 0 Å². The van der Waals surface area contributed by atoms with Crippen LogP contribution < -0.4 is 0 Å². The minimum atomic E-state index is -3.71.